The molecule has 8 heteroatoms. The molecule has 0 spiro atoms. The highest BCUT2D eigenvalue weighted by molar-refractivity contribution is 5.97. The molecule has 0 aliphatic carbocycles. The number of rotatable bonds is 3. The first kappa shape index (κ1) is 14.9. The van der Waals surface area contributed by atoms with E-state index < -0.39 is 23.6 Å². The van der Waals surface area contributed by atoms with Gasteiger partial charge in [0.15, 0.2) is 0 Å². The Labute approximate surface area is 106 Å². The van der Waals surface area contributed by atoms with Crippen LogP contribution in [0, 0.1) is 6.92 Å². The molecule has 0 aliphatic rings. The fraction of sp³-hybridized carbons (Fsp3) is 0.364. The lowest BCUT2D eigenvalue weighted by Crippen LogP contribution is -2.61. The normalized spacial score (nSPS) is 14.6. The van der Waals surface area contributed by atoms with Crippen molar-refractivity contribution in [2.75, 3.05) is 0 Å². The van der Waals surface area contributed by atoms with Gasteiger partial charge in [0.05, 0.1) is 5.56 Å². The fourth-order valence-electron chi connectivity index (χ4n) is 1.15. The molecule has 5 nitrogen and oxygen atoms in total. The number of nitrogens with one attached hydrogen (secondary N) is 1. The van der Waals surface area contributed by atoms with Gasteiger partial charge in [-0.15, -0.1) is 0 Å². The number of pyridine rings is 1. The van der Waals surface area contributed by atoms with E-state index in [1.54, 1.807) is 6.92 Å². The number of carboxylic acids is 1. The van der Waals surface area contributed by atoms with Crippen molar-refractivity contribution in [3.05, 3.63) is 29.6 Å². The lowest BCUT2D eigenvalue weighted by atomic mass is 10.0. The smallest absolute Gasteiger partial charge is 0.422 e. The summed E-state index contributed by atoms with van der Waals surface area (Å²) in [6.45, 7) is 2.02. The van der Waals surface area contributed by atoms with Crippen LogP contribution in [0.25, 0.3) is 0 Å². The number of amides is 1. The van der Waals surface area contributed by atoms with E-state index in [4.69, 9.17) is 5.11 Å². The Morgan fingerprint density at radius 2 is 1.89 bits per heavy atom. The van der Waals surface area contributed by atoms with Crippen LogP contribution in [0.5, 0.6) is 0 Å². The van der Waals surface area contributed by atoms with Crippen molar-refractivity contribution in [3.63, 3.8) is 0 Å². The third-order valence-corrected chi connectivity index (χ3v) is 2.53. The van der Waals surface area contributed by atoms with Gasteiger partial charge in [-0.1, -0.05) is 0 Å². The Morgan fingerprint density at radius 3 is 2.26 bits per heavy atom. The summed E-state index contributed by atoms with van der Waals surface area (Å²) in [4.78, 5) is 26.1. The maximum Gasteiger partial charge on any atom is 0.422 e. The number of hydrogen-bond acceptors (Lipinski definition) is 3. The third-order valence-electron chi connectivity index (χ3n) is 2.53. The van der Waals surface area contributed by atoms with E-state index >= 15 is 0 Å². The van der Waals surface area contributed by atoms with Crippen molar-refractivity contribution in [2.45, 2.75) is 25.6 Å². The molecule has 19 heavy (non-hydrogen) atoms. The van der Waals surface area contributed by atoms with E-state index in [9.17, 15) is 22.8 Å². The number of alkyl halides is 3. The molecule has 1 heterocycles. The minimum atomic E-state index is -5.12. The van der Waals surface area contributed by atoms with E-state index in [1.165, 1.54) is 17.4 Å². The van der Waals surface area contributed by atoms with Gasteiger partial charge in [0, 0.05) is 11.9 Å². The molecule has 0 radical (unpaired) electrons. The minimum absolute atomic E-state index is 0.151. The average Bonchev–Trinajstić information content (AvgIpc) is 2.27. The molecule has 0 aliphatic heterocycles. The second kappa shape index (κ2) is 4.87. The monoisotopic (exact) mass is 276 g/mol. The summed E-state index contributed by atoms with van der Waals surface area (Å²) in [5, 5.41) is 10.1. The number of nitrogens with zero attached hydrogens (tertiary/aromatic N) is 1. The summed E-state index contributed by atoms with van der Waals surface area (Å²) in [6, 6.07) is 2.69. The molecule has 104 valence electrons. The Kier molecular flexibility index (Phi) is 3.83. The maximum atomic E-state index is 12.7. The summed E-state index contributed by atoms with van der Waals surface area (Å²) in [6.07, 6.45) is -4.05. The van der Waals surface area contributed by atoms with Crippen molar-refractivity contribution >= 4 is 11.9 Å². The lowest BCUT2D eigenvalue weighted by molar-refractivity contribution is -0.203. The summed E-state index contributed by atoms with van der Waals surface area (Å²) in [7, 11) is 0. The number of aryl methyl sites for hydroxylation is 1. The molecule has 0 bridgehead atoms. The van der Waals surface area contributed by atoms with Crippen molar-refractivity contribution in [1.29, 1.82) is 0 Å². The summed E-state index contributed by atoms with van der Waals surface area (Å²) < 4.78 is 38.1. The van der Waals surface area contributed by atoms with Crippen LogP contribution in [0.1, 0.15) is 23.0 Å². The maximum absolute atomic E-state index is 12.7. The summed E-state index contributed by atoms with van der Waals surface area (Å²) in [5.41, 5.74) is -2.93. The number of aliphatic carboxylic acids is 1. The quantitative estimate of drug-likeness (QED) is 0.877. The van der Waals surface area contributed by atoms with Crippen molar-refractivity contribution < 1.29 is 27.9 Å². The van der Waals surface area contributed by atoms with Gasteiger partial charge in [0.25, 0.3) is 5.91 Å². The van der Waals surface area contributed by atoms with Gasteiger partial charge >= 0.3 is 12.1 Å². The van der Waals surface area contributed by atoms with Gasteiger partial charge in [0.1, 0.15) is 0 Å². The molecule has 0 saturated carbocycles. The number of carbonyl (C=O) groups excluding carboxylic acids is 1. The highest BCUT2D eigenvalue weighted by atomic mass is 19.4. The first-order chi connectivity index (χ1) is 8.58. The van der Waals surface area contributed by atoms with E-state index in [1.807, 2.05) is 0 Å². The molecule has 0 saturated heterocycles. The Morgan fingerprint density at radius 1 is 1.32 bits per heavy atom. The van der Waals surface area contributed by atoms with Gasteiger partial charge < -0.3 is 10.4 Å². The minimum Gasteiger partial charge on any atom is -0.479 e. The zero-order valence-corrected chi connectivity index (χ0v) is 10.1. The molecule has 2 N–H and O–H groups in total. The second-order valence-corrected chi connectivity index (χ2v) is 4.07. The van der Waals surface area contributed by atoms with Crippen molar-refractivity contribution in [1.82, 2.24) is 10.3 Å². The standard InChI is InChI=1S/C11H11F3N2O3/c1-6-3-4-7(5-15-6)8(17)16-10(2,9(18)19)11(12,13)14/h3-5H,1-2H3,(H,16,17)(H,18,19). The van der Waals surface area contributed by atoms with Gasteiger partial charge in [-0.25, -0.2) is 4.79 Å². The Balaban J connectivity index is 3.02. The van der Waals surface area contributed by atoms with Crippen molar-refractivity contribution in [3.8, 4) is 0 Å². The van der Waals surface area contributed by atoms with Crippen LogP contribution in [0.2, 0.25) is 0 Å². The lowest BCUT2D eigenvalue weighted by Gasteiger charge is -2.28. The second-order valence-electron chi connectivity index (χ2n) is 4.07. The zero-order chi connectivity index (χ0) is 14.8. The largest absolute Gasteiger partial charge is 0.479 e. The highest BCUT2D eigenvalue weighted by Crippen LogP contribution is 2.30. The van der Waals surface area contributed by atoms with Crippen LogP contribution in [0.3, 0.4) is 0 Å². The fourth-order valence-corrected chi connectivity index (χ4v) is 1.15. The molecule has 1 rings (SSSR count). The Bertz CT molecular complexity index is 499. The van der Waals surface area contributed by atoms with Gasteiger partial charge in [-0.2, -0.15) is 13.2 Å². The molecule has 0 aromatic carbocycles. The number of carbonyl (C=O) groups is 2. The highest BCUT2D eigenvalue weighted by Gasteiger charge is 2.58. The topological polar surface area (TPSA) is 79.3 Å². The first-order valence-corrected chi connectivity index (χ1v) is 5.13. The molecule has 1 amide bonds. The van der Waals surface area contributed by atoms with Gasteiger partial charge in [0.2, 0.25) is 5.54 Å². The predicted molar refractivity (Wildman–Crippen MR) is 58.5 cm³/mol. The van der Waals surface area contributed by atoms with E-state index in [0.29, 0.717) is 12.6 Å². The average molecular weight is 276 g/mol. The van der Waals surface area contributed by atoms with Crippen LogP contribution >= 0.6 is 0 Å². The summed E-state index contributed by atoms with van der Waals surface area (Å²) in [5.74, 6) is -3.34. The van der Waals surface area contributed by atoms with Gasteiger partial charge in [-0.3, -0.25) is 9.78 Å². The molecular weight excluding hydrogens is 265 g/mol. The van der Waals surface area contributed by atoms with Crippen LogP contribution in [0.4, 0.5) is 13.2 Å². The van der Waals surface area contributed by atoms with Crippen LogP contribution in [-0.4, -0.2) is 33.7 Å². The van der Waals surface area contributed by atoms with Crippen LogP contribution in [-0.2, 0) is 4.79 Å². The molecule has 1 aromatic heterocycles. The number of halogens is 3. The van der Waals surface area contributed by atoms with Gasteiger partial charge in [-0.05, 0) is 26.0 Å². The number of hydrogen-bond donors (Lipinski definition) is 2. The molecule has 1 unspecified atom stereocenters. The number of carboxylic acid groups (broad SMARTS) is 1. The molecular formula is C11H11F3N2O3. The first-order valence-electron chi connectivity index (χ1n) is 5.13. The zero-order valence-electron chi connectivity index (χ0n) is 10.1. The Hall–Kier alpha value is -2.12. The van der Waals surface area contributed by atoms with Crippen molar-refractivity contribution in [2.24, 2.45) is 0 Å². The van der Waals surface area contributed by atoms with Crippen LogP contribution < -0.4 is 5.32 Å². The third kappa shape index (κ3) is 3.01. The van der Waals surface area contributed by atoms with Crippen LogP contribution in [0.15, 0.2) is 18.3 Å². The van der Waals surface area contributed by atoms with E-state index in [-0.39, 0.29) is 5.56 Å². The molecule has 1 atom stereocenters. The SMILES string of the molecule is Cc1ccc(C(=O)NC(C)(C(=O)O)C(F)(F)F)cn1. The van der Waals surface area contributed by atoms with E-state index in [2.05, 4.69) is 4.98 Å². The predicted octanol–water partition coefficient (Wildman–Crippen LogP) is 1.53. The van der Waals surface area contributed by atoms with E-state index in [0.717, 1.165) is 6.20 Å². The molecule has 1 aromatic rings. The number of aromatic nitrogens is 1. The summed E-state index contributed by atoms with van der Waals surface area (Å²) >= 11 is 0. The molecule has 0 fully saturated rings.